The maximum absolute atomic E-state index is 13.9. The van der Waals surface area contributed by atoms with E-state index in [1.807, 2.05) is 54.6 Å². The van der Waals surface area contributed by atoms with Gasteiger partial charge in [0.1, 0.15) is 17.4 Å². The van der Waals surface area contributed by atoms with Crippen LogP contribution in [0.1, 0.15) is 109 Å². The van der Waals surface area contributed by atoms with Crippen LogP contribution in [0.5, 0.6) is 5.75 Å². The maximum atomic E-state index is 13.9. The van der Waals surface area contributed by atoms with Gasteiger partial charge in [-0.3, -0.25) is 14.2 Å². The van der Waals surface area contributed by atoms with Crippen molar-refractivity contribution < 1.29 is 68.5 Å². The predicted molar refractivity (Wildman–Crippen MR) is 352 cm³/mol. The molecule has 92 heavy (non-hydrogen) atoms. The molecule has 21 heteroatoms. The molecule has 0 atom stereocenters. The molecule has 9 rings (SSSR count). The number of hydrogen-bond acceptors (Lipinski definition) is 10. The van der Waals surface area contributed by atoms with Crippen LogP contribution in [0.4, 0.5) is 25.8 Å². The zero-order chi connectivity index (χ0) is 66.3. The second kappa shape index (κ2) is 33.4. The number of rotatable bonds is 28. The highest BCUT2D eigenvalue weighted by atomic mass is 32.2. The van der Waals surface area contributed by atoms with Crippen molar-refractivity contribution in [1.82, 2.24) is 0 Å². The molecular weight excluding hydrogens is 1240 g/mol. The van der Waals surface area contributed by atoms with Crippen LogP contribution in [0.3, 0.4) is 0 Å². The van der Waals surface area contributed by atoms with Gasteiger partial charge in [0.25, 0.3) is 30.1 Å². The molecule has 0 spiro atoms. The highest BCUT2D eigenvalue weighted by molar-refractivity contribution is 7.93. The van der Waals surface area contributed by atoms with Gasteiger partial charge in [0.2, 0.25) is 0 Å². The summed E-state index contributed by atoms with van der Waals surface area (Å²) in [6.07, 6.45) is 8.38. The third-order valence-corrected chi connectivity index (χ3v) is 19.0. The van der Waals surface area contributed by atoms with Crippen molar-refractivity contribution in [2.24, 2.45) is 0 Å². The van der Waals surface area contributed by atoms with Gasteiger partial charge in [0.15, 0.2) is 4.90 Å². The number of nitrogens with one attached hydrogen (secondary N) is 3. The number of carboxylic acids is 3. The van der Waals surface area contributed by atoms with Crippen LogP contribution in [-0.4, -0.2) is 65.6 Å². The number of aryl methyl sites for hydroxylation is 7. The first-order valence-electron chi connectivity index (χ1n) is 29.5. The van der Waals surface area contributed by atoms with Crippen LogP contribution in [0.2, 0.25) is 0 Å². The second-order valence-corrected chi connectivity index (χ2v) is 26.2. The summed E-state index contributed by atoms with van der Waals surface area (Å²) in [5.74, 6) is -4.78. The molecule has 0 aliphatic rings. The van der Waals surface area contributed by atoms with Crippen molar-refractivity contribution in [1.29, 1.82) is 0 Å². The second-order valence-electron chi connectivity index (χ2n) is 21.2. The number of sulfonamides is 3. The number of carbonyl (C=O) groups is 3. The largest absolute Gasteiger partial charge is 0.497 e. The van der Waals surface area contributed by atoms with E-state index < -0.39 is 64.5 Å². The van der Waals surface area contributed by atoms with E-state index in [0.717, 1.165) is 65.3 Å². The first-order chi connectivity index (χ1) is 44.1. The number of para-hydroxylation sites is 3. The minimum atomic E-state index is -4.47. The lowest BCUT2D eigenvalue weighted by Gasteiger charge is -2.14. The van der Waals surface area contributed by atoms with E-state index in [1.165, 1.54) is 31.4 Å². The maximum Gasteiger partial charge on any atom is 0.335 e. The van der Waals surface area contributed by atoms with Crippen molar-refractivity contribution >= 4 is 65.0 Å². The molecule has 0 radical (unpaired) electrons. The molecule has 0 aromatic heterocycles. The van der Waals surface area contributed by atoms with Crippen molar-refractivity contribution in [2.45, 2.75) is 98.7 Å². The van der Waals surface area contributed by atoms with Crippen molar-refractivity contribution in [3.8, 4) is 5.75 Å². The monoisotopic (exact) mass is 1310 g/mol. The Bertz CT molecular complexity index is 4340. The summed E-state index contributed by atoms with van der Waals surface area (Å²) in [6, 6.07) is 57.8. The van der Waals surface area contributed by atoms with Crippen LogP contribution in [0.15, 0.2) is 227 Å². The van der Waals surface area contributed by atoms with E-state index in [9.17, 15) is 63.7 Å². The SMILES string of the molecule is CCCCc1ccc(S(=O)(=O)Nc2ccccc2CCCc2ccccc2C(=O)O)cc1.COc1cccc(S(=O)(=O)Nc2ccccc2CCCc2ccccc2C(=O)O)c1.O=C(O)c1ccccc1CCCc1ccccc1NS(=O)(=O)c1c(F)cccc1F. The van der Waals surface area contributed by atoms with Gasteiger partial charge in [0.05, 0.1) is 50.7 Å². The number of halogens is 2. The number of ether oxygens (including phenoxy) is 1. The summed E-state index contributed by atoms with van der Waals surface area (Å²) in [4.78, 5) is 33.4. The van der Waals surface area contributed by atoms with Crippen LogP contribution in [-0.2, 0) is 75.0 Å². The van der Waals surface area contributed by atoms with E-state index in [2.05, 4.69) is 21.1 Å². The quantitative estimate of drug-likeness (QED) is 0.0267. The van der Waals surface area contributed by atoms with Gasteiger partial charge in [-0.1, -0.05) is 147 Å². The number of methoxy groups -OCH3 is 1. The Kier molecular flexibility index (Phi) is 25.3. The Morgan fingerprint density at radius 3 is 1.10 bits per heavy atom. The molecule has 9 aromatic rings. The van der Waals surface area contributed by atoms with Crippen LogP contribution >= 0.6 is 0 Å². The lowest BCUT2D eigenvalue weighted by Crippen LogP contribution is -2.17. The van der Waals surface area contributed by atoms with Crippen LogP contribution in [0, 0.1) is 11.6 Å². The summed E-state index contributed by atoms with van der Waals surface area (Å²) in [5, 5.41) is 27.9. The molecule has 16 nitrogen and oxygen atoms in total. The van der Waals surface area contributed by atoms with E-state index in [4.69, 9.17) is 4.74 Å². The zero-order valence-corrected chi connectivity index (χ0v) is 53.0. The van der Waals surface area contributed by atoms with Crippen LogP contribution in [0.25, 0.3) is 0 Å². The summed E-state index contributed by atoms with van der Waals surface area (Å²) < 4.78 is 117. The fraction of sp³-hybridized carbons (Fsp3) is 0.197. The van der Waals surface area contributed by atoms with Gasteiger partial charge in [-0.25, -0.2) is 48.4 Å². The fourth-order valence-electron chi connectivity index (χ4n) is 10.1. The van der Waals surface area contributed by atoms with Crippen molar-refractivity contribution in [3.63, 3.8) is 0 Å². The highest BCUT2D eigenvalue weighted by Gasteiger charge is 2.25. The molecule has 0 saturated heterocycles. The smallest absolute Gasteiger partial charge is 0.335 e. The van der Waals surface area contributed by atoms with Gasteiger partial charge in [-0.05, 0) is 182 Å². The minimum absolute atomic E-state index is 0.118. The number of hydrogen-bond donors (Lipinski definition) is 6. The van der Waals surface area contributed by atoms with Crippen LogP contribution < -0.4 is 18.9 Å². The summed E-state index contributed by atoms with van der Waals surface area (Å²) in [6.45, 7) is 2.13. The Morgan fingerprint density at radius 1 is 0.380 bits per heavy atom. The molecule has 0 saturated carbocycles. The molecule has 9 aromatic carbocycles. The molecule has 0 amide bonds. The number of aromatic carboxylic acids is 3. The molecule has 0 aliphatic carbocycles. The molecule has 0 bridgehead atoms. The van der Waals surface area contributed by atoms with Gasteiger partial charge >= 0.3 is 17.9 Å². The molecule has 6 N–H and O–H groups in total. The Hall–Kier alpha value is -9.70. The van der Waals surface area contributed by atoms with E-state index in [0.29, 0.717) is 97.2 Å². The Labute approximate surface area is 535 Å². The van der Waals surface area contributed by atoms with Crippen molar-refractivity contribution in [3.05, 3.63) is 280 Å². The summed E-state index contributed by atoms with van der Waals surface area (Å²) in [5.41, 5.74) is 7.80. The fourth-order valence-corrected chi connectivity index (χ4v) is 13.6. The lowest BCUT2D eigenvalue weighted by atomic mass is 9.99. The van der Waals surface area contributed by atoms with Gasteiger partial charge in [-0.15, -0.1) is 0 Å². The summed E-state index contributed by atoms with van der Waals surface area (Å²) >= 11 is 0. The van der Waals surface area contributed by atoms with E-state index in [1.54, 1.807) is 115 Å². The molecule has 0 aliphatic heterocycles. The Morgan fingerprint density at radius 2 is 0.717 bits per heavy atom. The third kappa shape index (κ3) is 19.9. The Balaban J connectivity index is 0.000000196. The minimum Gasteiger partial charge on any atom is -0.497 e. The molecular formula is C71H71F2N3O13S3. The standard InChI is InChI=1S/C26H29NO4S.C23H23NO5S.C22H19F2NO4S/c1-2-3-9-20-16-18-23(19-17-20)32(30,31)27-25-15-7-5-11-22(25)13-8-12-21-10-4-6-14-24(21)26(28)29;1-29-19-12-7-13-20(16-19)30(27,28)24-22-15-5-3-9-18(22)11-6-10-17-8-2-4-14-21(17)23(25)26;23-18-12-6-13-19(24)21(18)30(28,29)25-20-14-4-2-8-16(20)10-5-9-15-7-1-3-11-17(15)22(26)27/h4-7,10-11,14-19,27H,2-3,8-9,12-13H2,1H3,(H,28,29);2-5,7-9,12-16,24H,6,10-11H2,1H3,(H,25,26);1-4,6-8,11-14,25H,5,9-10H2,(H,26,27). The van der Waals surface area contributed by atoms with Crippen molar-refractivity contribution in [2.75, 3.05) is 21.3 Å². The first-order valence-corrected chi connectivity index (χ1v) is 34.0. The third-order valence-electron chi connectivity index (χ3n) is 14.8. The lowest BCUT2D eigenvalue weighted by molar-refractivity contribution is 0.0684. The number of carboxylic acid groups (broad SMARTS) is 3. The first kappa shape index (κ1) is 69.8. The van der Waals surface area contributed by atoms with E-state index in [-0.39, 0.29) is 21.0 Å². The molecule has 0 unspecified atom stereocenters. The average molecular weight is 1310 g/mol. The molecule has 480 valence electrons. The van der Waals surface area contributed by atoms with Gasteiger partial charge in [-0.2, -0.15) is 0 Å². The highest BCUT2D eigenvalue weighted by Crippen LogP contribution is 2.29. The topological polar surface area (TPSA) is 260 Å². The molecule has 0 fully saturated rings. The number of anilines is 3. The summed E-state index contributed by atoms with van der Waals surface area (Å²) in [7, 11) is -10.5. The molecule has 0 heterocycles. The van der Waals surface area contributed by atoms with Gasteiger partial charge < -0.3 is 20.1 Å². The predicted octanol–water partition coefficient (Wildman–Crippen LogP) is 14.7. The number of benzene rings is 9. The normalized spacial score (nSPS) is 11.2. The number of unbranched alkanes of at least 4 members (excludes halogenated alkanes) is 1. The van der Waals surface area contributed by atoms with E-state index >= 15 is 0 Å². The average Bonchev–Trinajstić information content (AvgIpc) is 0.844. The zero-order valence-electron chi connectivity index (χ0n) is 50.6. The van der Waals surface area contributed by atoms with Gasteiger partial charge in [0, 0.05) is 6.07 Å².